The van der Waals surface area contributed by atoms with Crippen LogP contribution in [0.3, 0.4) is 0 Å². The van der Waals surface area contributed by atoms with E-state index < -0.39 is 12.0 Å². The van der Waals surface area contributed by atoms with Crippen molar-refractivity contribution in [2.24, 2.45) is 0 Å². The van der Waals surface area contributed by atoms with Crippen molar-refractivity contribution in [1.82, 2.24) is 4.90 Å². The highest BCUT2D eigenvalue weighted by atomic mass is 16.4. The number of hydrogen-bond donors (Lipinski definition) is 2. The summed E-state index contributed by atoms with van der Waals surface area (Å²) in [5.41, 5.74) is 3.05. The smallest absolute Gasteiger partial charge is 0.320 e. The number of rotatable bonds is 4. The van der Waals surface area contributed by atoms with Crippen LogP contribution in [0.2, 0.25) is 0 Å². The Balaban J connectivity index is 2.10. The molecule has 5 heteroatoms. The molecule has 19 heavy (non-hydrogen) atoms. The van der Waals surface area contributed by atoms with Crippen molar-refractivity contribution in [1.29, 1.82) is 0 Å². The normalized spacial score (nSPS) is 15.8. The van der Waals surface area contributed by atoms with Gasteiger partial charge in [-0.1, -0.05) is 12.1 Å². The number of nitrogens with zero attached hydrogens (tertiary/aromatic N) is 1. The Kier molecular flexibility index (Phi) is 3.85. The molecule has 1 amide bonds. The lowest BCUT2D eigenvalue weighted by Gasteiger charge is -2.23. The fourth-order valence-corrected chi connectivity index (χ4v) is 2.15. The van der Waals surface area contributed by atoms with E-state index in [1.54, 1.807) is 18.9 Å². The second-order valence-electron chi connectivity index (χ2n) is 4.97. The number of carboxylic acids is 1. The van der Waals surface area contributed by atoms with Gasteiger partial charge in [-0.3, -0.25) is 14.5 Å². The third-order valence-electron chi connectivity index (χ3n) is 3.52. The zero-order chi connectivity index (χ0) is 14.0. The van der Waals surface area contributed by atoms with Crippen molar-refractivity contribution in [3.05, 3.63) is 29.3 Å². The maximum absolute atomic E-state index is 11.3. The molecule has 0 saturated carbocycles. The molecule has 5 nitrogen and oxygen atoms in total. The van der Waals surface area contributed by atoms with Gasteiger partial charge in [0.05, 0.1) is 0 Å². The van der Waals surface area contributed by atoms with E-state index in [9.17, 15) is 9.59 Å². The van der Waals surface area contributed by atoms with E-state index in [-0.39, 0.29) is 5.91 Å². The number of nitrogens with one attached hydrogen (secondary N) is 1. The molecule has 102 valence electrons. The van der Waals surface area contributed by atoms with Crippen LogP contribution in [0.5, 0.6) is 0 Å². The Labute approximate surface area is 112 Å². The molecule has 1 aliphatic heterocycles. The molecule has 0 aromatic heterocycles. The highest BCUT2D eigenvalue weighted by Crippen LogP contribution is 2.24. The van der Waals surface area contributed by atoms with Gasteiger partial charge in [-0.2, -0.15) is 0 Å². The lowest BCUT2D eigenvalue weighted by molar-refractivity contribution is -0.142. The average molecular weight is 262 g/mol. The highest BCUT2D eigenvalue weighted by molar-refractivity contribution is 5.93. The summed E-state index contributed by atoms with van der Waals surface area (Å²) in [5.74, 6) is -0.774. The van der Waals surface area contributed by atoms with Crippen LogP contribution in [0, 0.1) is 0 Å². The van der Waals surface area contributed by atoms with E-state index in [0.717, 1.165) is 23.2 Å². The average Bonchev–Trinajstić information content (AvgIpc) is 2.37. The van der Waals surface area contributed by atoms with E-state index >= 15 is 0 Å². The van der Waals surface area contributed by atoms with Crippen LogP contribution >= 0.6 is 0 Å². The number of hydrogen-bond acceptors (Lipinski definition) is 3. The van der Waals surface area contributed by atoms with Crippen LogP contribution < -0.4 is 5.32 Å². The Morgan fingerprint density at radius 3 is 2.89 bits per heavy atom. The van der Waals surface area contributed by atoms with Crippen LogP contribution in [0.25, 0.3) is 0 Å². The minimum atomic E-state index is -0.826. The van der Waals surface area contributed by atoms with Crippen LogP contribution in [0.15, 0.2) is 18.2 Å². The molecule has 1 aliphatic rings. The minimum absolute atomic E-state index is 0.0527. The first kappa shape index (κ1) is 13.5. The minimum Gasteiger partial charge on any atom is -0.480 e. The number of likely N-dealkylation sites (N-methyl/N-ethyl adjacent to an activating group) is 1. The zero-order valence-electron chi connectivity index (χ0n) is 11.1. The highest BCUT2D eigenvalue weighted by Gasteiger charge is 2.18. The number of benzene rings is 1. The Morgan fingerprint density at radius 1 is 1.47 bits per heavy atom. The van der Waals surface area contributed by atoms with Crippen molar-refractivity contribution in [2.75, 3.05) is 12.4 Å². The molecule has 0 radical (unpaired) electrons. The number of amides is 1. The van der Waals surface area contributed by atoms with Gasteiger partial charge in [-0.25, -0.2) is 0 Å². The quantitative estimate of drug-likeness (QED) is 0.862. The van der Waals surface area contributed by atoms with Gasteiger partial charge in [0.25, 0.3) is 0 Å². The van der Waals surface area contributed by atoms with Crippen LogP contribution in [0.1, 0.15) is 24.5 Å². The lowest BCUT2D eigenvalue weighted by Crippen LogP contribution is -2.35. The third kappa shape index (κ3) is 3.12. The molecule has 1 unspecified atom stereocenters. The van der Waals surface area contributed by atoms with Gasteiger partial charge in [-0.15, -0.1) is 0 Å². The maximum atomic E-state index is 11.3. The van der Waals surface area contributed by atoms with Crippen molar-refractivity contribution >= 4 is 17.6 Å². The van der Waals surface area contributed by atoms with E-state index in [1.807, 2.05) is 18.2 Å². The topological polar surface area (TPSA) is 69.6 Å². The maximum Gasteiger partial charge on any atom is 0.320 e. The first-order chi connectivity index (χ1) is 8.97. The molecule has 0 bridgehead atoms. The predicted molar refractivity (Wildman–Crippen MR) is 72.0 cm³/mol. The molecule has 2 N–H and O–H groups in total. The van der Waals surface area contributed by atoms with Crippen molar-refractivity contribution < 1.29 is 14.7 Å². The molecule has 0 aliphatic carbocycles. The number of fused-ring (bicyclic) bond motifs is 1. The standard InChI is InChI=1S/C14H18N2O3/c1-9(14(18)19)16(2)8-10-3-5-12-11(7-10)4-6-13(17)15-12/h3,5,7,9H,4,6,8H2,1-2H3,(H,15,17)(H,18,19). The van der Waals surface area contributed by atoms with Crippen molar-refractivity contribution in [2.45, 2.75) is 32.4 Å². The van der Waals surface area contributed by atoms with Gasteiger partial charge in [0.1, 0.15) is 6.04 Å². The number of carbonyl (C=O) groups excluding carboxylic acids is 1. The summed E-state index contributed by atoms with van der Waals surface area (Å²) in [4.78, 5) is 24.0. The molecule has 1 atom stereocenters. The summed E-state index contributed by atoms with van der Waals surface area (Å²) in [6.45, 7) is 2.25. The van der Waals surface area contributed by atoms with E-state index in [4.69, 9.17) is 5.11 Å². The summed E-state index contributed by atoms with van der Waals surface area (Å²) < 4.78 is 0. The van der Waals surface area contributed by atoms with E-state index in [0.29, 0.717) is 13.0 Å². The first-order valence-corrected chi connectivity index (χ1v) is 6.32. The molecule has 0 fully saturated rings. The molecule has 2 rings (SSSR count). The second kappa shape index (κ2) is 5.40. The molecular weight excluding hydrogens is 244 g/mol. The zero-order valence-corrected chi connectivity index (χ0v) is 11.1. The monoisotopic (exact) mass is 262 g/mol. The van der Waals surface area contributed by atoms with Gasteiger partial charge in [0.2, 0.25) is 5.91 Å². The van der Waals surface area contributed by atoms with Crippen molar-refractivity contribution in [3.63, 3.8) is 0 Å². The number of anilines is 1. The number of carbonyl (C=O) groups is 2. The fourth-order valence-electron chi connectivity index (χ4n) is 2.15. The van der Waals surface area contributed by atoms with Gasteiger partial charge in [0.15, 0.2) is 0 Å². The summed E-state index contributed by atoms with van der Waals surface area (Å²) in [7, 11) is 1.79. The van der Waals surface area contributed by atoms with Gasteiger partial charge >= 0.3 is 5.97 Å². The predicted octanol–water partition coefficient (Wildman–Crippen LogP) is 1.48. The Hall–Kier alpha value is -1.88. The largest absolute Gasteiger partial charge is 0.480 e. The van der Waals surface area contributed by atoms with Crippen LogP contribution in [-0.4, -0.2) is 35.0 Å². The summed E-state index contributed by atoms with van der Waals surface area (Å²) in [6.07, 6.45) is 1.25. The third-order valence-corrected chi connectivity index (χ3v) is 3.52. The van der Waals surface area contributed by atoms with Gasteiger partial charge < -0.3 is 10.4 Å². The fraction of sp³-hybridized carbons (Fsp3) is 0.429. The first-order valence-electron chi connectivity index (χ1n) is 6.32. The summed E-state index contributed by atoms with van der Waals surface area (Å²) in [5, 5.41) is 11.8. The van der Waals surface area contributed by atoms with Gasteiger partial charge in [0, 0.05) is 18.7 Å². The number of carboxylic acid groups (broad SMARTS) is 1. The molecule has 0 spiro atoms. The van der Waals surface area contributed by atoms with E-state index in [2.05, 4.69) is 5.32 Å². The lowest BCUT2D eigenvalue weighted by atomic mass is 10.00. The van der Waals surface area contributed by atoms with Crippen LogP contribution in [-0.2, 0) is 22.6 Å². The second-order valence-corrected chi connectivity index (χ2v) is 4.97. The van der Waals surface area contributed by atoms with Gasteiger partial charge in [-0.05, 0) is 37.6 Å². The number of aliphatic carboxylic acids is 1. The van der Waals surface area contributed by atoms with Crippen LogP contribution in [0.4, 0.5) is 5.69 Å². The molecular formula is C14H18N2O3. The Morgan fingerprint density at radius 2 is 2.21 bits per heavy atom. The summed E-state index contributed by atoms with van der Waals surface area (Å²) >= 11 is 0. The molecule has 1 aromatic carbocycles. The van der Waals surface area contributed by atoms with Crippen molar-refractivity contribution in [3.8, 4) is 0 Å². The molecule has 1 heterocycles. The molecule has 0 saturated heterocycles. The SMILES string of the molecule is CC(C(=O)O)N(C)Cc1ccc2c(c1)CCC(=O)N2. The summed E-state index contributed by atoms with van der Waals surface area (Å²) in [6, 6.07) is 5.34. The van der Waals surface area contributed by atoms with E-state index in [1.165, 1.54) is 0 Å². The number of aryl methyl sites for hydroxylation is 1. The Bertz CT molecular complexity index is 513. The molecule has 1 aromatic rings.